The van der Waals surface area contributed by atoms with Gasteiger partial charge in [0.25, 0.3) is 5.78 Å². The predicted molar refractivity (Wildman–Crippen MR) is 63.7 cm³/mol. The Labute approximate surface area is 104 Å². The maximum Gasteiger partial charge on any atom is 0.379 e. The summed E-state index contributed by atoms with van der Waals surface area (Å²) in [6.45, 7) is 3.56. The smallest absolute Gasteiger partial charge is 0.379 e. The van der Waals surface area contributed by atoms with E-state index in [9.17, 15) is 9.59 Å². The third-order valence-electron chi connectivity index (χ3n) is 2.19. The number of benzene rings is 1. The van der Waals surface area contributed by atoms with Crippen LogP contribution in [-0.2, 0) is 9.53 Å². The molecular formula is C12H13ClO4. The molecule has 17 heavy (non-hydrogen) atoms. The molecule has 0 unspecified atom stereocenters. The lowest BCUT2D eigenvalue weighted by Gasteiger charge is -2.09. The lowest BCUT2D eigenvalue weighted by molar-refractivity contribution is -0.137. The minimum Gasteiger partial charge on any atom is -0.496 e. The number of methoxy groups -OCH3 is 1. The molecule has 0 saturated heterocycles. The van der Waals surface area contributed by atoms with Crippen molar-refractivity contribution in [2.75, 3.05) is 13.7 Å². The Kier molecular flexibility index (Phi) is 4.52. The van der Waals surface area contributed by atoms with E-state index in [1.165, 1.54) is 13.2 Å². The maximum atomic E-state index is 11.8. The maximum absolute atomic E-state index is 11.8. The highest BCUT2D eigenvalue weighted by Crippen LogP contribution is 2.27. The number of carbonyl (C=O) groups excluding carboxylic acids is 2. The molecular weight excluding hydrogens is 244 g/mol. The monoisotopic (exact) mass is 256 g/mol. The molecule has 4 nitrogen and oxygen atoms in total. The largest absolute Gasteiger partial charge is 0.496 e. The molecule has 1 aromatic rings. The highest BCUT2D eigenvalue weighted by atomic mass is 35.5. The minimum atomic E-state index is -0.911. The number of Topliss-reactive ketones (excluding diaryl/α,β-unsaturated/α-hetero) is 1. The van der Waals surface area contributed by atoms with Crippen LogP contribution < -0.4 is 4.74 Å². The highest BCUT2D eigenvalue weighted by molar-refractivity contribution is 6.42. The average Bonchev–Trinajstić information content (AvgIpc) is 2.31. The molecule has 0 aliphatic heterocycles. The van der Waals surface area contributed by atoms with E-state index in [4.69, 9.17) is 16.3 Å². The van der Waals surface area contributed by atoms with Gasteiger partial charge in [0.2, 0.25) is 0 Å². The average molecular weight is 257 g/mol. The number of aryl methyl sites for hydroxylation is 1. The third-order valence-corrected chi connectivity index (χ3v) is 2.59. The van der Waals surface area contributed by atoms with Gasteiger partial charge in [-0.3, -0.25) is 4.79 Å². The molecule has 0 bridgehead atoms. The van der Waals surface area contributed by atoms with Gasteiger partial charge in [-0.2, -0.15) is 0 Å². The van der Waals surface area contributed by atoms with Crippen molar-refractivity contribution < 1.29 is 19.1 Å². The van der Waals surface area contributed by atoms with Crippen LogP contribution in [0, 0.1) is 6.92 Å². The van der Waals surface area contributed by atoms with Gasteiger partial charge in [-0.15, -0.1) is 0 Å². The van der Waals surface area contributed by atoms with Crippen molar-refractivity contribution in [1.82, 2.24) is 0 Å². The number of hydrogen-bond donors (Lipinski definition) is 0. The number of ether oxygens (including phenoxy) is 2. The zero-order valence-corrected chi connectivity index (χ0v) is 10.6. The molecule has 0 saturated carbocycles. The third kappa shape index (κ3) is 2.97. The van der Waals surface area contributed by atoms with Crippen molar-refractivity contribution in [3.63, 3.8) is 0 Å². The molecule has 5 heteroatoms. The fourth-order valence-electron chi connectivity index (χ4n) is 1.31. The van der Waals surface area contributed by atoms with Gasteiger partial charge in [0.1, 0.15) is 5.75 Å². The molecule has 0 aliphatic carbocycles. The summed E-state index contributed by atoms with van der Waals surface area (Å²) in [6.07, 6.45) is 0. The first kappa shape index (κ1) is 13.5. The molecule has 0 heterocycles. The second-order valence-corrected chi connectivity index (χ2v) is 3.76. The van der Waals surface area contributed by atoms with Crippen LogP contribution in [0.1, 0.15) is 22.8 Å². The first-order valence-electron chi connectivity index (χ1n) is 5.06. The molecule has 1 aromatic carbocycles. The summed E-state index contributed by atoms with van der Waals surface area (Å²) in [7, 11) is 1.42. The van der Waals surface area contributed by atoms with Gasteiger partial charge in [-0.1, -0.05) is 11.6 Å². The van der Waals surface area contributed by atoms with Crippen LogP contribution in [0.4, 0.5) is 0 Å². The molecule has 0 fully saturated rings. The van der Waals surface area contributed by atoms with E-state index < -0.39 is 11.8 Å². The first-order chi connectivity index (χ1) is 8.01. The van der Waals surface area contributed by atoms with E-state index in [0.29, 0.717) is 10.8 Å². The molecule has 0 N–H and O–H groups in total. The molecule has 0 spiro atoms. The van der Waals surface area contributed by atoms with E-state index in [0.717, 1.165) is 5.56 Å². The van der Waals surface area contributed by atoms with Crippen LogP contribution >= 0.6 is 11.6 Å². The summed E-state index contributed by atoms with van der Waals surface area (Å²) >= 11 is 5.91. The topological polar surface area (TPSA) is 52.6 Å². The first-order valence-corrected chi connectivity index (χ1v) is 5.44. The number of carbonyl (C=O) groups is 2. The Morgan fingerprint density at radius 3 is 2.53 bits per heavy atom. The molecule has 1 rings (SSSR count). The van der Waals surface area contributed by atoms with E-state index in [1.54, 1.807) is 19.9 Å². The van der Waals surface area contributed by atoms with Crippen molar-refractivity contribution >= 4 is 23.4 Å². The van der Waals surface area contributed by atoms with Crippen LogP contribution in [0.5, 0.6) is 5.75 Å². The van der Waals surface area contributed by atoms with Gasteiger partial charge in [0.05, 0.1) is 19.3 Å². The van der Waals surface area contributed by atoms with Crippen molar-refractivity contribution in [2.24, 2.45) is 0 Å². The van der Waals surface area contributed by atoms with Crippen molar-refractivity contribution in [1.29, 1.82) is 0 Å². The zero-order valence-electron chi connectivity index (χ0n) is 9.87. The number of halogens is 1. The summed E-state index contributed by atoms with van der Waals surface area (Å²) in [5.74, 6) is -1.36. The second kappa shape index (κ2) is 5.68. The summed E-state index contributed by atoms with van der Waals surface area (Å²) in [5, 5.41) is 0.401. The van der Waals surface area contributed by atoms with Crippen LogP contribution in [0.15, 0.2) is 12.1 Å². The molecule has 0 aromatic heterocycles. The fourth-order valence-corrected chi connectivity index (χ4v) is 1.47. The Bertz CT molecular complexity index is 454. The van der Waals surface area contributed by atoms with Crippen molar-refractivity contribution in [3.8, 4) is 5.75 Å². The second-order valence-electron chi connectivity index (χ2n) is 3.35. The van der Waals surface area contributed by atoms with Gasteiger partial charge in [0.15, 0.2) is 0 Å². The van der Waals surface area contributed by atoms with Gasteiger partial charge in [-0.25, -0.2) is 4.79 Å². The summed E-state index contributed by atoms with van der Waals surface area (Å²) in [5.41, 5.74) is 0.880. The van der Waals surface area contributed by atoms with E-state index in [2.05, 4.69) is 4.74 Å². The quantitative estimate of drug-likeness (QED) is 0.472. The minimum absolute atomic E-state index is 0.113. The standard InChI is InChI=1S/C12H13ClO4/c1-4-17-12(15)11(14)8-6-9(13)7(2)5-10(8)16-3/h5-6H,4H2,1-3H3. The summed E-state index contributed by atoms with van der Waals surface area (Å²) in [4.78, 5) is 23.1. The van der Waals surface area contributed by atoms with Gasteiger partial charge < -0.3 is 9.47 Å². The zero-order chi connectivity index (χ0) is 13.0. The lowest BCUT2D eigenvalue weighted by Crippen LogP contribution is -2.18. The Balaban J connectivity index is 3.16. The Morgan fingerprint density at radius 1 is 1.35 bits per heavy atom. The van der Waals surface area contributed by atoms with Crippen LogP contribution in [0.2, 0.25) is 5.02 Å². The van der Waals surface area contributed by atoms with Crippen molar-refractivity contribution in [2.45, 2.75) is 13.8 Å². The van der Waals surface area contributed by atoms with Crippen molar-refractivity contribution in [3.05, 3.63) is 28.3 Å². The molecule has 0 aliphatic rings. The van der Waals surface area contributed by atoms with E-state index in [1.807, 2.05) is 0 Å². The summed E-state index contributed by atoms with van der Waals surface area (Å²) < 4.78 is 9.68. The molecule has 0 radical (unpaired) electrons. The SMILES string of the molecule is CCOC(=O)C(=O)c1cc(Cl)c(C)cc1OC. The normalized spacial score (nSPS) is 9.88. The van der Waals surface area contributed by atoms with E-state index >= 15 is 0 Å². The van der Waals surface area contributed by atoms with Crippen LogP contribution in [0.3, 0.4) is 0 Å². The van der Waals surface area contributed by atoms with Gasteiger partial charge >= 0.3 is 5.97 Å². The highest BCUT2D eigenvalue weighted by Gasteiger charge is 2.22. The number of hydrogen-bond acceptors (Lipinski definition) is 4. The number of esters is 1. The van der Waals surface area contributed by atoms with Gasteiger partial charge in [0, 0.05) is 5.02 Å². The predicted octanol–water partition coefficient (Wildman–Crippen LogP) is 2.40. The molecule has 0 amide bonds. The number of ketones is 1. The lowest BCUT2D eigenvalue weighted by atomic mass is 10.1. The molecule has 0 atom stereocenters. The fraction of sp³-hybridized carbons (Fsp3) is 0.333. The Hall–Kier alpha value is -1.55. The van der Waals surface area contributed by atoms with Gasteiger partial charge in [-0.05, 0) is 31.5 Å². The number of rotatable bonds is 4. The van der Waals surface area contributed by atoms with E-state index in [-0.39, 0.29) is 12.2 Å². The van der Waals surface area contributed by atoms with Crippen LogP contribution in [0.25, 0.3) is 0 Å². The van der Waals surface area contributed by atoms with Crippen LogP contribution in [-0.4, -0.2) is 25.5 Å². The summed E-state index contributed by atoms with van der Waals surface area (Å²) in [6, 6.07) is 3.02. The Morgan fingerprint density at radius 2 is 2.00 bits per heavy atom. The molecule has 92 valence electrons.